The van der Waals surface area contributed by atoms with E-state index in [-0.39, 0.29) is 23.0 Å². The number of likely N-dealkylation sites (tertiary alicyclic amines) is 1. The zero-order valence-electron chi connectivity index (χ0n) is 15.9. The van der Waals surface area contributed by atoms with Crippen LogP contribution in [0.15, 0.2) is 29.2 Å². The number of rotatable bonds is 6. The largest absolute Gasteiger partial charge is 0.335 e. The van der Waals surface area contributed by atoms with Gasteiger partial charge in [0.25, 0.3) is 0 Å². The predicted molar refractivity (Wildman–Crippen MR) is 106 cm³/mol. The van der Waals surface area contributed by atoms with E-state index >= 15 is 0 Å². The van der Waals surface area contributed by atoms with Crippen LogP contribution in [0.25, 0.3) is 0 Å². The van der Waals surface area contributed by atoms with E-state index in [2.05, 4.69) is 27.2 Å². The normalized spacial score (nSPS) is 19.9. The summed E-state index contributed by atoms with van der Waals surface area (Å²) < 4.78 is 27.6. The Morgan fingerprint density at radius 3 is 2.26 bits per heavy atom. The molecule has 8 heteroatoms. The number of amides is 2. The molecule has 27 heavy (non-hydrogen) atoms. The number of hydrogen-bond donors (Lipinski definition) is 3. The molecule has 0 radical (unpaired) electrons. The van der Waals surface area contributed by atoms with Crippen molar-refractivity contribution in [3.63, 3.8) is 0 Å². The van der Waals surface area contributed by atoms with Gasteiger partial charge in [-0.25, -0.2) is 17.9 Å². The number of nitrogens with one attached hydrogen (secondary N) is 3. The standard InChI is InChI=1S/C19H30N4O3S/c1-2-23-13-11-16(12-14-23)21-19(24)20-15-7-9-18(10-8-15)27(25,26)22-17-5-3-4-6-17/h7-10,16-17,22H,2-6,11-14H2,1H3,(H2,20,21,24). The Morgan fingerprint density at radius 1 is 1.04 bits per heavy atom. The molecule has 1 saturated heterocycles. The zero-order chi connectivity index (χ0) is 19.3. The van der Waals surface area contributed by atoms with Gasteiger partial charge >= 0.3 is 6.03 Å². The lowest BCUT2D eigenvalue weighted by Gasteiger charge is -2.31. The van der Waals surface area contributed by atoms with E-state index < -0.39 is 10.0 Å². The van der Waals surface area contributed by atoms with Crippen molar-refractivity contribution in [2.75, 3.05) is 25.0 Å². The van der Waals surface area contributed by atoms with Crippen molar-refractivity contribution in [3.8, 4) is 0 Å². The van der Waals surface area contributed by atoms with E-state index in [4.69, 9.17) is 0 Å². The number of benzene rings is 1. The highest BCUT2D eigenvalue weighted by Crippen LogP contribution is 2.21. The van der Waals surface area contributed by atoms with Crippen LogP contribution in [0.4, 0.5) is 10.5 Å². The lowest BCUT2D eigenvalue weighted by atomic mass is 10.1. The van der Waals surface area contributed by atoms with Gasteiger partial charge in [0, 0.05) is 30.9 Å². The Bertz CT molecular complexity index is 722. The molecule has 0 bridgehead atoms. The first-order valence-electron chi connectivity index (χ1n) is 9.88. The van der Waals surface area contributed by atoms with Crippen molar-refractivity contribution in [1.29, 1.82) is 0 Å². The summed E-state index contributed by atoms with van der Waals surface area (Å²) in [5.74, 6) is 0. The minimum atomic E-state index is -3.50. The first kappa shape index (κ1) is 20.1. The van der Waals surface area contributed by atoms with Crippen molar-refractivity contribution in [3.05, 3.63) is 24.3 Å². The first-order valence-corrected chi connectivity index (χ1v) is 11.4. The summed E-state index contributed by atoms with van der Waals surface area (Å²) in [7, 11) is -3.50. The van der Waals surface area contributed by atoms with Crippen LogP contribution >= 0.6 is 0 Å². The molecule has 0 unspecified atom stereocenters. The molecule has 1 heterocycles. The Kier molecular flexibility index (Phi) is 6.73. The van der Waals surface area contributed by atoms with E-state index in [1.54, 1.807) is 12.1 Å². The van der Waals surface area contributed by atoms with E-state index in [9.17, 15) is 13.2 Å². The van der Waals surface area contributed by atoms with E-state index in [0.29, 0.717) is 5.69 Å². The minimum Gasteiger partial charge on any atom is -0.335 e. The molecule has 2 fully saturated rings. The van der Waals surface area contributed by atoms with E-state index in [1.165, 1.54) is 12.1 Å². The maximum absolute atomic E-state index is 12.4. The highest BCUT2D eigenvalue weighted by Gasteiger charge is 2.23. The van der Waals surface area contributed by atoms with Gasteiger partial charge in [-0.05, 0) is 56.5 Å². The summed E-state index contributed by atoms with van der Waals surface area (Å²) in [5.41, 5.74) is 0.582. The lowest BCUT2D eigenvalue weighted by molar-refractivity contribution is 0.203. The van der Waals surface area contributed by atoms with Gasteiger partial charge in [-0.1, -0.05) is 19.8 Å². The molecule has 1 aliphatic heterocycles. The van der Waals surface area contributed by atoms with Crippen LogP contribution in [0, 0.1) is 0 Å². The van der Waals surface area contributed by atoms with Crippen molar-refractivity contribution >= 4 is 21.7 Å². The van der Waals surface area contributed by atoms with Gasteiger partial charge < -0.3 is 15.5 Å². The number of sulfonamides is 1. The van der Waals surface area contributed by atoms with E-state index in [1.807, 2.05) is 0 Å². The van der Waals surface area contributed by atoms with E-state index in [0.717, 1.165) is 58.2 Å². The molecule has 3 N–H and O–H groups in total. The molecule has 0 aromatic heterocycles. The molecule has 3 rings (SSSR count). The Balaban J connectivity index is 1.50. The SMILES string of the molecule is CCN1CCC(NC(=O)Nc2ccc(S(=O)(=O)NC3CCCC3)cc2)CC1. The molecule has 0 spiro atoms. The minimum absolute atomic E-state index is 0.0395. The third-order valence-corrected chi connectivity index (χ3v) is 7.01. The molecular weight excluding hydrogens is 364 g/mol. The van der Waals surface area contributed by atoms with Crippen molar-refractivity contribution in [2.45, 2.75) is 62.4 Å². The van der Waals surface area contributed by atoms with Crippen LogP contribution < -0.4 is 15.4 Å². The predicted octanol–water partition coefficient (Wildman–Crippen LogP) is 2.51. The van der Waals surface area contributed by atoms with Gasteiger partial charge in [0.1, 0.15) is 0 Å². The van der Waals surface area contributed by atoms with Crippen LogP contribution in [-0.4, -0.2) is 51.1 Å². The fraction of sp³-hybridized carbons (Fsp3) is 0.632. The molecule has 150 valence electrons. The van der Waals surface area contributed by atoms with Gasteiger partial charge in [0.2, 0.25) is 10.0 Å². The summed E-state index contributed by atoms with van der Waals surface area (Å²) in [5, 5.41) is 5.79. The van der Waals surface area contributed by atoms with Gasteiger partial charge in [-0.2, -0.15) is 0 Å². The highest BCUT2D eigenvalue weighted by atomic mass is 32.2. The molecule has 0 atom stereocenters. The second-order valence-corrected chi connectivity index (χ2v) is 9.15. The van der Waals surface area contributed by atoms with Gasteiger partial charge in [-0.3, -0.25) is 0 Å². The zero-order valence-corrected chi connectivity index (χ0v) is 16.7. The third kappa shape index (κ3) is 5.67. The Morgan fingerprint density at radius 2 is 1.67 bits per heavy atom. The average molecular weight is 395 g/mol. The maximum atomic E-state index is 12.4. The molecular formula is C19H30N4O3S. The van der Waals surface area contributed by atoms with Crippen LogP contribution in [0.5, 0.6) is 0 Å². The number of carbonyl (C=O) groups excluding carboxylic acids is 1. The molecule has 1 aromatic rings. The maximum Gasteiger partial charge on any atom is 0.319 e. The number of piperidine rings is 1. The molecule has 1 saturated carbocycles. The molecule has 1 aliphatic carbocycles. The van der Waals surface area contributed by atoms with Crippen molar-refractivity contribution in [1.82, 2.24) is 14.9 Å². The summed E-state index contributed by atoms with van der Waals surface area (Å²) >= 11 is 0. The quantitative estimate of drug-likeness (QED) is 0.691. The monoisotopic (exact) mass is 394 g/mol. The smallest absolute Gasteiger partial charge is 0.319 e. The second kappa shape index (κ2) is 9.03. The average Bonchev–Trinajstić information content (AvgIpc) is 3.15. The number of carbonyl (C=O) groups is 1. The van der Waals surface area contributed by atoms with Gasteiger partial charge in [0.15, 0.2) is 0 Å². The summed E-state index contributed by atoms with van der Waals surface area (Å²) in [6, 6.07) is 6.30. The number of hydrogen-bond acceptors (Lipinski definition) is 4. The fourth-order valence-electron chi connectivity index (χ4n) is 3.79. The highest BCUT2D eigenvalue weighted by molar-refractivity contribution is 7.89. The van der Waals surface area contributed by atoms with Gasteiger partial charge in [0.05, 0.1) is 4.90 Å². The fourth-order valence-corrected chi connectivity index (χ4v) is 5.10. The summed E-state index contributed by atoms with van der Waals surface area (Å²) in [6.45, 7) is 5.20. The van der Waals surface area contributed by atoms with Crippen molar-refractivity contribution < 1.29 is 13.2 Å². The van der Waals surface area contributed by atoms with Gasteiger partial charge in [-0.15, -0.1) is 0 Å². The number of nitrogens with zero attached hydrogens (tertiary/aromatic N) is 1. The molecule has 1 aromatic carbocycles. The molecule has 2 aliphatic rings. The third-order valence-electron chi connectivity index (χ3n) is 5.47. The van der Waals surface area contributed by atoms with Crippen LogP contribution in [0.1, 0.15) is 45.4 Å². The van der Waals surface area contributed by atoms with Crippen LogP contribution in [0.3, 0.4) is 0 Å². The van der Waals surface area contributed by atoms with Crippen molar-refractivity contribution in [2.24, 2.45) is 0 Å². The van der Waals surface area contributed by atoms with Crippen LogP contribution in [-0.2, 0) is 10.0 Å². The Hall–Kier alpha value is -1.64. The molecule has 7 nitrogen and oxygen atoms in total. The molecule has 2 amide bonds. The number of urea groups is 1. The first-order chi connectivity index (χ1) is 13.0. The van der Waals surface area contributed by atoms with Crippen LogP contribution in [0.2, 0.25) is 0 Å². The second-order valence-electron chi connectivity index (χ2n) is 7.43. The topological polar surface area (TPSA) is 90.5 Å². The summed E-state index contributed by atoms with van der Waals surface area (Å²) in [6.07, 6.45) is 5.84. The summed E-state index contributed by atoms with van der Waals surface area (Å²) in [4.78, 5) is 14.8. The Labute approximate surface area is 161 Å². The lowest BCUT2D eigenvalue weighted by Crippen LogP contribution is -2.45. The number of anilines is 1.